The minimum atomic E-state index is -0.275. The Hall–Kier alpha value is -1.99. The van der Waals surface area contributed by atoms with Crippen LogP contribution in [0.1, 0.15) is 29.0 Å². The maximum absolute atomic E-state index is 12.0. The van der Waals surface area contributed by atoms with Crippen LogP contribution in [0.15, 0.2) is 39.4 Å². The van der Waals surface area contributed by atoms with E-state index in [1.165, 1.54) is 0 Å². The number of rotatable bonds is 7. The second-order valence-corrected chi connectivity index (χ2v) is 6.50. The van der Waals surface area contributed by atoms with E-state index in [2.05, 4.69) is 21.2 Å². The van der Waals surface area contributed by atoms with E-state index in [1.54, 1.807) is 19.2 Å². The topological polar surface area (TPSA) is 69.9 Å². The molecule has 1 aliphatic rings. The zero-order chi connectivity index (χ0) is 17.6. The summed E-state index contributed by atoms with van der Waals surface area (Å²) in [5, 5.41) is 2.81. The predicted octanol–water partition coefficient (Wildman–Crippen LogP) is 3.54. The van der Waals surface area contributed by atoms with Crippen LogP contribution < -0.4 is 14.8 Å². The Morgan fingerprint density at radius 2 is 2.20 bits per heavy atom. The Kier molecular flexibility index (Phi) is 5.99. The number of carbonyl (C=O) groups is 1. The molecule has 0 aliphatic carbocycles. The first-order valence-electron chi connectivity index (χ1n) is 8.10. The van der Waals surface area contributed by atoms with E-state index < -0.39 is 0 Å². The predicted molar refractivity (Wildman–Crippen MR) is 95.0 cm³/mol. The van der Waals surface area contributed by atoms with Gasteiger partial charge in [-0.25, -0.2) is 0 Å². The van der Waals surface area contributed by atoms with Crippen molar-refractivity contribution in [2.24, 2.45) is 0 Å². The Morgan fingerprint density at radius 3 is 2.88 bits per heavy atom. The Bertz CT molecular complexity index is 724. The summed E-state index contributed by atoms with van der Waals surface area (Å²) >= 11 is 3.18. The molecule has 134 valence electrons. The highest BCUT2D eigenvalue weighted by atomic mass is 79.9. The molecular formula is C18H20BrNO5. The molecule has 0 saturated carbocycles. The molecule has 7 heteroatoms. The van der Waals surface area contributed by atoms with Gasteiger partial charge < -0.3 is 23.9 Å². The first kappa shape index (κ1) is 17.8. The molecule has 1 saturated heterocycles. The van der Waals surface area contributed by atoms with Gasteiger partial charge in [0, 0.05) is 13.2 Å². The van der Waals surface area contributed by atoms with Gasteiger partial charge in [-0.2, -0.15) is 0 Å². The number of benzene rings is 1. The van der Waals surface area contributed by atoms with Gasteiger partial charge >= 0.3 is 0 Å². The summed E-state index contributed by atoms with van der Waals surface area (Å²) in [6.07, 6.45) is 2.25. The van der Waals surface area contributed by atoms with E-state index in [4.69, 9.17) is 18.6 Å². The number of hydrogen-bond acceptors (Lipinski definition) is 5. The summed E-state index contributed by atoms with van der Waals surface area (Å²) in [4.78, 5) is 12.0. The summed E-state index contributed by atoms with van der Waals surface area (Å²) in [7, 11) is 1.59. The maximum Gasteiger partial charge on any atom is 0.287 e. The quantitative estimate of drug-likeness (QED) is 0.756. The molecule has 3 rings (SSSR count). The lowest BCUT2D eigenvalue weighted by atomic mass is 10.2. The average molecular weight is 410 g/mol. The number of nitrogens with one attached hydrogen (secondary N) is 1. The largest absolute Gasteiger partial charge is 0.493 e. The highest BCUT2D eigenvalue weighted by molar-refractivity contribution is 9.10. The normalized spacial score (nSPS) is 16.6. The zero-order valence-electron chi connectivity index (χ0n) is 13.9. The molecule has 25 heavy (non-hydrogen) atoms. The summed E-state index contributed by atoms with van der Waals surface area (Å²) in [6, 6.07) is 8.88. The number of halogens is 1. The van der Waals surface area contributed by atoms with Crippen LogP contribution in [-0.2, 0) is 11.3 Å². The van der Waals surface area contributed by atoms with E-state index in [1.807, 2.05) is 18.2 Å². The van der Waals surface area contributed by atoms with Crippen molar-refractivity contribution in [2.45, 2.75) is 25.5 Å². The standard InChI is InChI=1S/C18H20BrNO5/c1-22-16-9-12(10-20-18(21)15-6-7-17(19)25-15)4-5-14(16)24-11-13-3-2-8-23-13/h4-7,9,13H,2-3,8,10-11H2,1H3,(H,20,21). The fraction of sp³-hybridized carbons (Fsp3) is 0.389. The van der Waals surface area contributed by atoms with E-state index in [0.717, 1.165) is 25.0 Å². The maximum atomic E-state index is 12.0. The van der Waals surface area contributed by atoms with Gasteiger partial charge in [0.2, 0.25) is 0 Å². The van der Waals surface area contributed by atoms with Gasteiger partial charge in [0.05, 0.1) is 13.2 Å². The Labute approximate surface area is 154 Å². The van der Waals surface area contributed by atoms with Crippen molar-refractivity contribution in [1.82, 2.24) is 5.32 Å². The number of carbonyl (C=O) groups excluding carboxylic acids is 1. The van der Waals surface area contributed by atoms with Crippen molar-refractivity contribution < 1.29 is 23.4 Å². The monoisotopic (exact) mass is 409 g/mol. The average Bonchev–Trinajstić information content (AvgIpc) is 3.29. The van der Waals surface area contributed by atoms with Crippen LogP contribution in [0.3, 0.4) is 0 Å². The molecule has 2 aromatic rings. The molecule has 1 N–H and O–H groups in total. The number of hydrogen-bond donors (Lipinski definition) is 1. The summed E-state index contributed by atoms with van der Waals surface area (Å²) in [5.41, 5.74) is 0.903. The molecule has 0 spiro atoms. The van der Waals surface area contributed by atoms with Gasteiger partial charge in [0.25, 0.3) is 5.91 Å². The zero-order valence-corrected chi connectivity index (χ0v) is 15.5. The van der Waals surface area contributed by atoms with Crippen molar-refractivity contribution in [3.8, 4) is 11.5 Å². The molecule has 1 unspecified atom stereocenters. The summed E-state index contributed by atoms with van der Waals surface area (Å²) in [5.74, 6) is 1.28. The SMILES string of the molecule is COc1cc(CNC(=O)c2ccc(Br)o2)ccc1OCC1CCCO1. The molecule has 0 radical (unpaired) electrons. The third kappa shape index (κ3) is 4.76. The molecule has 1 aromatic heterocycles. The van der Waals surface area contributed by atoms with Crippen LogP contribution in [0, 0.1) is 0 Å². The van der Waals surface area contributed by atoms with Gasteiger partial charge in [0.1, 0.15) is 6.61 Å². The highest BCUT2D eigenvalue weighted by Gasteiger charge is 2.17. The summed E-state index contributed by atoms with van der Waals surface area (Å²) in [6.45, 7) is 1.68. The second kappa shape index (κ2) is 8.40. The lowest BCUT2D eigenvalue weighted by molar-refractivity contribution is 0.0669. The molecule has 0 bridgehead atoms. The van der Waals surface area contributed by atoms with Crippen molar-refractivity contribution in [3.05, 3.63) is 46.3 Å². The minimum absolute atomic E-state index is 0.149. The first-order valence-corrected chi connectivity index (χ1v) is 8.90. The van der Waals surface area contributed by atoms with Crippen molar-refractivity contribution >= 4 is 21.8 Å². The highest BCUT2D eigenvalue weighted by Crippen LogP contribution is 2.29. The smallest absolute Gasteiger partial charge is 0.287 e. The van der Waals surface area contributed by atoms with Gasteiger partial charge in [-0.15, -0.1) is 0 Å². The van der Waals surface area contributed by atoms with E-state index in [-0.39, 0.29) is 17.8 Å². The fourth-order valence-corrected chi connectivity index (χ4v) is 2.91. The van der Waals surface area contributed by atoms with Crippen LogP contribution in [0.25, 0.3) is 0 Å². The molecule has 6 nitrogen and oxygen atoms in total. The van der Waals surface area contributed by atoms with Gasteiger partial charge in [-0.05, 0) is 58.6 Å². The number of amides is 1. The Balaban J connectivity index is 1.57. The van der Waals surface area contributed by atoms with Crippen molar-refractivity contribution in [3.63, 3.8) is 0 Å². The number of furan rings is 1. The minimum Gasteiger partial charge on any atom is -0.493 e. The van der Waals surface area contributed by atoms with E-state index in [9.17, 15) is 4.79 Å². The van der Waals surface area contributed by atoms with E-state index >= 15 is 0 Å². The van der Waals surface area contributed by atoms with Crippen molar-refractivity contribution in [1.29, 1.82) is 0 Å². The molecule has 1 fully saturated rings. The molecular weight excluding hydrogens is 390 g/mol. The molecule has 2 heterocycles. The van der Waals surface area contributed by atoms with Crippen LogP contribution in [0.2, 0.25) is 0 Å². The molecule has 1 aliphatic heterocycles. The molecule has 1 amide bonds. The van der Waals surface area contributed by atoms with Crippen LogP contribution >= 0.6 is 15.9 Å². The molecule has 1 atom stereocenters. The van der Waals surface area contributed by atoms with Gasteiger partial charge in [0.15, 0.2) is 21.9 Å². The number of ether oxygens (including phenoxy) is 3. The van der Waals surface area contributed by atoms with E-state index in [0.29, 0.717) is 29.3 Å². The lowest BCUT2D eigenvalue weighted by Gasteiger charge is -2.15. The van der Waals surface area contributed by atoms with Crippen molar-refractivity contribution in [2.75, 3.05) is 20.3 Å². The third-order valence-corrected chi connectivity index (χ3v) is 4.35. The van der Waals surface area contributed by atoms with Crippen LogP contribution in [0.5, 0.6) is 11.5 Å². The fourth-order valence-electron chi connectivity index (χ4n) is 2.61. The van der Waals surface area contributed by atoms with Gasteiger partial charge in [-0.1, -0.05) is 6.07 Å². The first-order chi connectivity index (χ1) is 12.2. The Morgan fingerprint density at radius 1 is 1.32 bits per heavy atom. The van der Waals surface area contributed by atoms with Crippen LogP contribution in [-0.4, -0.2) is 32.3 Å². The number of methoxy groups -OCH3 is 1. The van der Waals surface area contributed by atoms with Crippen LogP contribution in [0.4, 0.5) is 0 Å². The second-order valence-electron chi connectivity index (χ2n) is 5.72. The van der Waals surface area contributed by atoms with Gasteiger partial charge in [-0.3, -0.25) is 4.79 Å². The summed E-state index contributed by atoms with van der Waals surface area (Å²) < 4.78 is 22.5. The lowest BCUT2D eigenvalue weighted by Crippen LogP contribution is -2.22. The molecule has 1 aromatic carbocycles. The third-order valence-electron chi connectivity index (χ3n) is 3.93.